The smallest absolute Gasteiger partial charge is 0.316 e. The Morgan fingerprint density at radius 3 is 2.54 bits per heavy atom. The number of carbonyl (C=O) groups is 2. The summed E-state index contributed by atoms with van der Waals surface area (Å²) in [6.07, 6.45) is 1.45. The summed E-state index contributed by atoms with van der Waals surface area (Å²) in [7, 11) is 1.47. The molecule has 26 heavy (non-hydrogen) atoms. The molecule has 0 saturated heterocycles. The van der Waals surface area contributed by atoms with Crippen molar-refractivity contribution in [3.63, 3.8) is 0 Å². The number of aryl methyl sites for hydroxylation is 1. The van der Waals surface area contributed by atoms with E-state index >= 15 is 0 Å². The van der Waals surface area contributed by atoms with Gasteiger partial charge in [-0.3, -0.25) is 9.59 Å². The van der Waals surface area contributed by atoms with Crippen LogP contribution in [0.1, 0.15) is 40.1 Å². The Morgan fingerprint density at radius 1 is 1.27 bits per heavy atom. The van der Waals surface area contributed by atoms with Gasteiger partial charge in [0, 0.05) is 12.7 Å². The van der Waals surface area contributed by atoms with E-state index in [1.165, 1.54) is 13.3 Å². The minimum absolute atomic E-state index is 0.0665. The molecule has 138 valence electrons. The van der Waals surface area contributed by atoms with E-state index in [1.807, 2.05) is 31.2 Å². The predicted octanol–water partition coefficient (Wildman–Crippen LogP) is 2.14. The molecule has 0 bridgehead atoms. The molecule has 0 radical (unpaired) electrons. The molecular formula is C18H21ClN4O3. The largest absolute Gasteiger partial charge is 0.467 e. The Labute approximate surface area is 157 Å². The van der Waals surface area contributed by atoms with E-state index in [2.05, 4.69) is 20.6 Å². The minimum Gasteiger partial charge on any atom is -0.467 e. The number of hydrogen-bond donors (Lipinski definition) is 2. The Hall–Kier alpha value is -2.67. The highest BCUT2D eigenvalue weighted by Gasteiger charge is 2.12. The lowest BCUT2D eigenvalue weighted by Crippen LogP contribution is -2.27. The Morgan fingerprint density at radius 2 is 1.96 bits per heavy atom. The van der Waals surface area contributed by atoms with Crippen molar-refractivity contribution in [3.8, 4) is 6.01 Å². The van der Waals surface area contributed by atoms with Gasteiger partial charge in [0.05, 0.1) is 24.4 Å². The average Bonchev–Trinajstić information content (AvgIpc) is 2.66. The molecule has 1 heterocycles. The van der Waals surface area contributed by atoms with E-state index in [0.29, 0.717) is 17.8 Å². The fourth-order valence-corrected chi connectivity index (χ4v) is 2.41. The number of rotatable bonds is 7. The summed E-state index contributed by atoms with van der Waals surface area (Å²) in [4.78, 5) is 31.7. The monoisotopic (exact) mass is 376 g/mol. The van der Waals surface area contributed by atoms with Crippen LogP contribution >= 0.6 is 11.6 Å². The first kappa shape index (κ1) is 19.7. The van der Waals surface area contributed by atoms with Crippen molar-refractivity contribution in [1.82, 2.24) is 20.6 Å². The minimum atomic E-state index is -0.253. The average molecular weight is 377 g/mol. The highest BCUT2D eigenvalue weighted by atomic mass is 35.5. The molecule has 1 unspecified atom stereocenters. The van der Waals surface area contributed by atoms with Crippen molar-refractivity contribution in [2.24, 2.45) is 0 Å². The highest BCUT2D eigenvalue weighted by molar-refractivity contribution is 6.27. The summed E-state index contributed by atoms with van der Waals surface area (Å²) in [5.74, 6) is -0.535. The summed E-state index contributed by atoms with van der Waals surface area (Å²) in [5.41, 5.74) is 2.84. The van der Waals surface area contributed by atoms with Gasteiger partial charge in [0.2, 0.25) is 5.91 Å². The zero-order valence-electron chi connectivity index (χ0n) is 14.9. The number of aromatic nitrogens is 2. The van der Waals surface area contributed by atoms with Crippen LogP contribution in [0, 0.1) is 6.92 Å². The van der Waals surface area contributed by atoms with Crippen LogP contribution in [0.25, 0.3) is 0 Å². The number of amides is 2. The van der Waals surface area contributed by atoms with E-state index in [0.717, 1.165) is 11.1 Å². The van der Waals surface area contributed by atoms with Crippen molar-refractivity contribution in [1.29, 1.82) is 0 Å². The standard InChI is InChI=1S/C18H21ClN4O3/c1-11(22-16(24)8-19)14-6-4-13(5-7-14)9-20-17(25)15-10-21-18(26-3)23-12(15)2/h4-7,10-11H,8-9H2,1-3H3,(H,20,25)(H,22,24). The van der Waals surface area contributed by atoms with Crippen molar-refractivity contribution < 1.29 is 14.3 Å². The number of benzene rings is 1. The number of ether oxygens (including phenoxy) is 1. The normalized spacial score (nSPS) is 11.5. The van der Waals surface area contributed by atoms with Crippen molar-refractivity contribution in [3.05, 3.63) is 52.8 Å². The summed E-state index contributed by atoms with van der Waals surface area (Å²) in [5, 5.41) is 5.62. The van der Waals surface area contributed by atoms with Crippen LogP contribution in [0.15, 0.2) is 30.5 Å². The second-order valence-corrected chi connectivity index (χ2v) is 5.97. The molecule has 8 heteroatoms. The first-order valence-electron chi connectivity index (χ1n) is 8.04. The molecule has 2 aromatic rings. The maximum absolute atomic E-state index is 12.3. The lowest BCUT2D eigenvalue weighted by Gasteiger charge is -2.14. The van der Waals surface area contributed by atoms with Crippen molar-refractivity contribution in [2.45, 2.75) is 26.4 Å². The molecule has 0 aliphatic carbocycles. The molecular weight excluding hydrogens is 356 g/mol. The number of halogens is 1. The third kappa shape index (κ3) is 5.16. The second kappa shape index (κ2) is 9.15. The van der Waals surface area contributed by atoms with Gasteiger partial charge >= 0.3 is 6.01 Å². The summed E-state index contributed by atoms with van der Waals surface area (Å²) < 4.78 is 4.93. The molecule has 1 aromatic heterocycles. The van der Waals surface area contributed by atoms with Gasteiger partial charge in [0.15, 0.2) is 0 Å². The number of nitrogens with one attached hydrogen (secondary N) is 2. The summed E-state index contributed by atoms with van der Waals surface area (Å²) in [6.45, 7) is 3.98. The molecule has 2 rings (SSSR count). The molecule has 2 amide bonds. The van der Waals surface area contributed by atoms with Gasteiger partial charge in [-0.2, -0.15) is 4.98 Å². The van der Waals surface area contributed by atoms with Crippen molar-refractivity contribution >= 4 is 23.4 Å². The Bertz CT molecular complexity index is 781. The summed E-state index contributed by atoms with van der Waals surface area (Å²) >= 11 is 5.49. The van der Waals surface area contributed by atoms with E-state index in [-0.39, 0.29) is 29.7 Å². The van der Waals surface area contributed by atoms with Crippen LogP contribution in [-0.2, 0) is 11.3 Å². The first-order chi connectivity index (χ1) is 12.4. The molecule has 1 atom stereocenters. The third-order valence-corrected chi connectivity index (χ3v) is 4.06. The van der Waals surface area contributed by atoms with E-state index in [1.54, 1.807) is 6.92 Å². The number of nitrogens with zero attached hydrogens (tertiary/aromatic N) is 2. The van der Waals surface area contributed by atoms with Gasteiger partial charge in [0.1, 0.15) is 5.88 Å². The lowest BCUT2D eigenvalue weighted by molar-refractivity contribution is -0.119. The predicted molar refractivity (Wildman–Crippen MR) is 98.2 cm³/mol. The molecule has 0 aliphatic rings. The first-order valence-corrected chi connectivity index (χ1v) is 8.58. The fourth-order valence-electron chi connectivity index (χ4n) is 2.33. The van der Waals surface area contributed by atoms with Crippen LogP contribution in [0.4, 0.5) is 0 Å². The number of carbonyl (C=O) groups excluding carboxylic acids is 2. The lowest BCUT2D eigenvalue weighted by atomic mass is 10.1. The maximum atomic E-state index is 12.3. The van der Waals surface area contributed by atoms with Gasteiger partial charge in [-0.25, -0.2) is 4.98 Å². The van der Waals surface area contributed by atoms with Gasteiger partial charge < -0.3 is 15.4 Å². The molecule has 0 aliphatic heterocycles. The Kier molecular flexibility index (Phi) is 6.91. The van der Waals surface area contributed by atoms with Gasteiger partial charge in [-0.1, -0.05) is 24.3 Å². The van der Waals surface area contributed by atoms with Crippen LogP contribution in [0.5, 0.6) is 6.01 Å². The quantitative estimate of drug-likeness (QED) is 0.722. The van der Waals surface area contributed by atoms with E-state index < -0.39 is 0 Å². The van der Waals surface area contributed by atoms with Crippen LogP contribution in [0.2, 0.25) is 0 Å². The van der Waals surface area contributed by atoms with Crippen molar-refractivity contribution in [2.75, 3.05) is 13.0 Å². The number of hydrogen-bond acceptors (Lipinski definition) is 5. The number of methoxy groups -OCH3 is 1. The highest BCUT2D eigenvalue weighted by Crippen LogP contribution is 2.14. The van der Waals surface area contributed by atoms with Gasteiger partial charge in [0.25, 0.3) is 5.91 Å². The number of alkyl halides is 1. The summed E-state index contributed by atoms with van der Waals surface area (Å²) in [6, 6.07) is 7.70. The van der Waals surface area contributed by atoms with Crippen LogP contribution < -0.4 is 15.4 Å². The van der Waals surface area contributed by atoms with E-state index in [9.17, 15) is 9.59 Å². The van der Waals surface area contributed by atoms with Gasteiger partial charge in [-0.15, -0.1) is 11.6 Å². The molecule has 1 aromatic carbocycles. The fraction of sp³-hybridized carbons (Fsp3) is 0.333. The maximum Gasteiger partial charge on any atom is 0.316 e. The zero-order valence-corrected chi connectivity index (χ0v) is 15.6. The molecule has 0 fully saturated rings. The van der Waals surface area contributed by atoms with E-state index in [4.69, 9.17) is 16.3 Å². The van der Waals surface area contributed by atoms with Crippen LogP contribution in [-0.4, -0.2) is 34.8 Å². The molecule has 0 spiro atoms. The Balaban J connectivity index is 1.95. The second-order valence-electron chi connectivity index (χ2n) is 5.70. The van der Waals surface area contributed by atoms with Crippen LogP contribution in [0.3, 0.4) is 0 Å². The topological polar surface area (TPSA) is 93.2 Å². The molecule has 0 saturated carbocycles. The SMILES string of the molecule is COc1ncc(C(=O)NCc2ccc(C(C)NC(=O)CCl)cc2)c(C)n1. The molecule has 7 nitrogen and oxygen atoms in total. The van der Waals surface area contributed by atoms with Gasteiger partial charge in [-0.05, 0) is 25.0 Å². The zero-order chi connectivity index (χ0) is 19.1. The molecule has 2 N–H and O–H groups in total. The third-order valence-electron chi connectivity index (χ3n) is 3.82.